The molecule has 0 aromatic heterocycles. The molecule has 0 bridgehead atoms. The molecule has 3 aliphatic rings. The van der Waals surface area contributed by atoms with Crippen LogP contribution in [0.5, 0.6) is 23.0 Å². The molecule has 244 valence electrons. The lowest BCUT2D eigenvalue weighted by molar-refractivity contribution is -0.271. The van der Waals surface area contributed by atoms with E-state index in [1.54, 1.807) is 36.4 Å². The maximum Gasteiger partial charge on any atom is 0.335 e. The lowest BCUT2D eigenvalue weighted by Gasteiger charge is -2.38. The molecule has 11 nitrogen and oxygen atoms in total. The Hall–Kier alpha value is -4.13. The summed E-state index contributed by atoms with van der Waals surface area (Å²) in [5.74, 6) is -0.757. The van der Waals surface area contributed by atoms with Gasteiger partial charge < -0.3 is 44.5 Å². The van der Waals surface area contributed by atoms with Gasteiger partial charge in [-0.2, -0.15) is 0 Å². The van der Waals surface area contributed by atoms with Crippen molar-refractivity contribution in [2.45, 2.75) is 62.9 Å². The van der Waals surface area contributed by atoms with Crippen LogP contribution in [0.2, 0.25) is 0 Å². The summed E-state index contributed by atoms with van der Waals surface area (Å²) >= 11 is 0. The number of phenolic OH excluding ortho intramolecular Hbond substituents is 1. The molecular weight excluding hydrogens is 594 g/mol. The molecule has 3 aromatic rings. The number of hydrogen-bond donors (Lipinski definition) is 5. The highest BCUT2D eigenvalue weighted by molar-refractivity contribution is 5.95. The first-order chi connectivity index (χ1) is 23.4. The number of aliphatic hydroxyl groups excluding tert-OH is 3. The van der Waals surface area contributed by atoms with Crippen molar-refractivity contribution in [3.8, 4) is 23.0 Å². The summed E-state index contributed by atoms with van der Waals surface area (Å²) < 4.78 is 49.2. The molecule has 46 heavy (non-hydrogen) atoms. The fraction of sp³-hybridized carbons (Fsp3) is 0.400. The Balaban J connectivity index is 1.33. The number of nitrogens with zero attached hydrogens (tertiary/aromatic N) is 1. The zero-order valence-corrected chi connectivity index (χ0v) is 25.0. The third-order valence-electron chi connectivity index (χ3n) is 8.55. The number of hydrogen-bond acceptors (Lipinski definition) is 10. The molecule has 0 spiro atoms. The van der Waals surface area contributed by atoms with Gasteiger partial charge in [0.2, 0.25) is 6.29 Å². The number of fused-ring (bicyclic) bond motifs is 1. The van der Waals surface area contributed by atoms with E-state index in [1.165, 1.54) is 49.6 Å². The number of aromatic hydroxyl groups is 1. The van der Waals surface area contributed by atoms with Crippen molar-refractivity contribution in [2.24, 2.45) is 0 Å². The average Bonchev–Trinajstić information content (AvgIpc) is 3.08. The lowest BCUT2D eigenvalue weighted by atomic mass is 9.86. The normalized spacial score (nSPS) is 27.8. The summed E-state index contributed by atoms with van der Waals surface area (Å²) in [7, 11) is 0. The Kier molecular flexibility index (Phi) is 8.37. The van der Waals surface area contributed by atoms with E-state index in [9.17, 15) is 30.3 Å². The van der Waals surface area contributed by atoms with Gasteiger partial charge in [-0.15, -0.1) is 0 Å². The van der Waals surface area contributed by atoms with Gasteiger partial charge in [-0.25, -0.2) is 4.79 Å². The van der Waals surface area contributed by atoms with E-state index in [1.807, 2.05) is 0 Å². The van der Waals surface area contributed by atoms with Gasteiger partial charge in [-0.05, 0) is 85.9 Å². The molecule has 2 saturated heterocycles. The molecule has 0 aliphatic carbocycles. The van der Waals surface area contributed by atoms with Crippen molar-refractivity contribution in [1.82, 2.24) is 4.90 Å². The molecule has 3 heterocycles. The first-order valence-electron chi connectivity index (χ1n) is 16.8. The molecule has 5 N–H and O–H groups in total. The molecular formula is C35H39NO10. The maximum absolute atomic E-state index is 11.6. The van der Waals surface area contributed by atoms with Crippen molar-refractivity contribution < 1.29 is 53.4 Å². The summed E-state index contributed by atoms with van der Waals surface area (Å²) in [5.41, 5.74) is 1.77. The predicted octanol–water partition coefficient (Wildman–Crippen LogP) is 3.59. The first kappa shape index (κ1) is 28.1. The van der Waals surface area contributed by atoms with Crippen LogP contribution in [0, 0.1) is 0 Å². The van der Waals surface area contributed by atoms with Crippen molar-refractivity contribution in [1.29, 1.82) is 0 Å². The number of carboxylic acid groups (broad SMARTS) is 1. The highest BCUT2D eigenvalue weighted by Crippen LogP contribution is 2.48. The monoisotopic (exact) mass is 636 g/mol. The molecule has 3 aromatic carbocycles. The van der Waals surface area contributed by atoms with Gasteiger partial charge in [0, 0.05) is 27.9 Å². The van der Waals surface area contributed by atoms with Crippen LogP contribution in [-0.4, -0.2) is 93.3 Å². The number of piperidine rings is 1. The van der Waals surface area contributed by atoms with E-state index in [4.69, 9.17) is 23.1 Å². The second-order valence-electron chi connectivity index (χ2n) is 11.7. The molecule has 11 heteroatoms. The fourth-order valence-corrected chi connectivity index (χ4v) is 6.01. The molecule has 0 saturated carbocycles. The van der Waals surface area contributed by atoms with E-state index < -0.39 is 49.6 Å². The number of likely N-dealkylation sites (tertiary alicyclic amines) is 1. The van der Waals surface area contributed by atoms with Crippen LogP contribution in [0.4, 0.5) is 0 Å². The Labute approximate surface area is 271 Å². The number of aliphatic carboxylic acids is 1. The summed E-state index contributed by atoms with van der Waals surface area (Å²) in [6.45, 7) is 0.858. The number of benzene rings is 3. The molecule has 0 amide bonds. The maximum atomic E-state index is 11.6. The van der Waals surface area contributed by atoms with E-state index >= 15 is 0 Å². The fourth-order valence-electron chi connectivity index (χ4n) is 6.01. The minimum absolute atomic E-state index is 0.0104. The smallest absolute Gasteiger partial charge is 0.335 e. The van der Waals surface area contributed by atoms with Crippen LogP contribution in [-0.2, 0) is 9.53 Å². The Bertz CT molecular complexity index is 1660. The van der Waals surface area contributed by atoms with Gasteiger partial charge in [0.15, 0.2) is 6.10 Å². The number of carboxylic acids is 1. The minimum Gasteiger partial charge on any atom is -0.508 e. The van der Waals surface area contributed by atoms with Crippen molar-refractivity contribution in [2.75, 3.05) is 26.2 Å². The summed E-state index contributed by atoms with van der Waals surface area (Å²) in [6.07, 6.45) is -6.39. The van der Waals surface area contributed by atoms with Crippen molar-refractivity contribution >= 4 is 17.1 Å². The minimum atomic E-state index is -2.62. The van der Waals surface area contributed by atoms with Crippen LogP contribution in [0.3, 0.4) is 0 Å². The number of rotatable bonds is 9. The molecule has 0 unspecified atom stereocenters. The number of aliphatic hydroxyl groups is 3. The van der Waals surface area contributed by atoms with E-state index in [-0.39, 0.29) is 28.4 Å². The van der Waals surface area contributed by atoms with Gasteiger partial charge in [-0.1, -0.05) is 30.7 Å². The number of phenols is 1. The van der Waals surface area contributed by atoms with Gasteiger partial charge in [-0.3, -0.25) is 4.90 Å². The van der Waals surface area contributed by atoms with Crippen LogP contribution in [0.1, 0.15) is 53.0 Å². The third kappa shape index (κ3) is 6.69. The van der Waals surface area contributed by atoms with Gasteiger partial charge in [0.1, 0.15) is 54.0 Å². The molecule has 0 radical (unpaired) electrons. The Morgan fingerprint density at radius 2 is 1.65 bits per heavy atom. The zero-order chi connectivity index (χ0) is 34.9. The van der Waals surface area contributed by atoms with Gasteiger partial charge in [0.25, 0.3) is 0 Å². The van der Waals surface area contributed by atoms with Crippen LogP contribution >= 0.6 is 0 Å². The third-order valence-corrected chi connectivity index (χ3v) is 8.55. The second kappa shape index (κ2) is 13.7. The summed E-state index contributed by atoms with van der Waals surface area (Å²) in [6, 6.07) is 17.6. The average molecular weight is 637 g/mol. The zero-order valence-electron chi connectivity index (χ0n) is 28.0. The standard InChI is InChI=1S/C35H39NO10/c1-20-26-14-13-25(44-35-31(40)29(38)30(39)33(46-35)34(41)42)19-27(26)45-32(28(20)21-5-9-23(37)10-6-21)22-7-11-24(12-8-22)43-18-17-36-15-3-2-4-16-36/h5-14,19,29-33,35,37-40H,2-4,15-18H2,1H3,(H,41,42)/t29-,30-,31+,32-,33-,35+/m0/s1/i1D3. The van der Waals surface area contributed by atoms with E-state index in [0.717, 1.165) is 19.6 Å². The Morgan fingerprint density at radius 3 is 2.35 bits per heavy atom. The summed E-state index contributed by atoms with van der Waals surface area (Å²) in [4.78, 5) is 14.0. The highest BCUT2D eigenvalue weighted by atomic mass is 16.7. The molecule has 2 fully saturated rings. The van der Waals surface area contributed by atoms with Crippen LogP contribution < -0.4 is 14.2 Å². The topological polar surface area (TPSA) is 158 Å². The molecule has 3 aliphatic heterocycles. The first-order valence-corrected chi connectivity index (χ1v) is 15.3. The number of carbonyl (C=O) groups is 1. The van der Waals surface area contributed by atoms with Gasteiger partial charge >= 0.3 is 5.97 Å². The SMILES string of the molecule is [2H]C([2H])([2H])C1=C(c2ccc(O)cc2)[C@H](c2ccc(OCCN3CCCCC3)cc2)Oc2cc(O[C@@H]3O[C@H](C(=O)O)[C@@H](O)[C@H](O)[C@H]3O)ccc21. The van der Waals surface area contributed by atoms with E-state index in [0.29, 0.717) is 29.1 Å². The Morgan fingerprint density at radius 1 is 0.935 bits per heavy atom. The number of allylic oxidation sites excluding steroid dienone is 1. The van der Waals surface area contributed by atoms with Crippen LogP contribution in [0.15, 0.2) is 66.7 Å². The molecule has 6 atom stereocenters. The quantitative estimate of drug-likeness (QED) is 0.234. The highest BCUT2D eigenvalue weighted by Gasteiger charge is 2.48. The van der Waals surface area contributed by atoms with Crippen molar-refractivity contribution in [3.63, 3.8) is 0 Å². The molecule has 6 rings (SSSR count). The van der Waals surface area contributed by atoms with Crippen molar-refractivity contribution in [3.05, 3.63) is 83.4 Å². The second-order valence-corrected chi connectivity index (χ2v) is 11.7. The number of ether oxygens (including phenoxy) is 4. The summed E-state index contributed by atoms with van der Waals surface area (Å²) in [5, 5.41) is 50.1. The lowest BCUT2D eigenvalue weighted by Crippen LogP contribution is -2.61. The predicted molar refractivity (Wildman–Crippen MR) is 168 cm³/mol. The van der Waals surface area contributed by atoms with Gasteiger partial charge in [0.05, 0.1) is 0 Å². The van der Waals surface area contributed by atoms with Crippen LogP contribution in [0.25, 0.3) is 11.1 Å². The largest absolute Gasteiger partial charge is 0.508 e. The van der Waals surface area contributed by atoms with E-state index in [2.05, 4.69) is 4.90 Å².